The third-order valence-electron chi connectivity index (χ3n) is 4.28. The number of pyridine rings is 1. The summed E-state index contributed by atoms with van der Waals surface area (Å²) >= 11 is 0. The molecule has 1 aromatic carbocycles. The smallest absolute Gasteiger partial charge is 0.244 e. The maximum atomic E-state index is 14.2. The van der Waals surface area contributed by atoms with Crippen LogP contribution < -0.4 is 0 Å². The Morgan fingerprint density at radius 2 is 2.05 bits per heavy atom. The first-order valence-electron chi connectivity index (χ1n) is 7.56. The fourth-order valence-corrected chi connectivity index (χ4v) is 5.03. The van der Waals surface area contributed by atoms with Gasteiger partial charge in [0.2, 0.25) is 10.0 Å². The highest BCUT2D eigenvalue weighted by atomic mass is 32.2. The molecule has 1 aliphatic heterocycles. The van der Waals surface area contributed by atoms with Gasteiger partial charge < -0.3 is 0 Å². The minimum absolute atomic E-state index is 0.0404. The van der Waals surface area contributed by atoms with Crippen molar-refractivity contribution in [3.05, 3.63) is 36.4 Å². The van der Waals surface area contributed by atoms with Crippen LogP contribution in [0.15, 0.2) is 35.5 Å². The average molecular weight is 322 g/mol. The molecule has 1 aliphatic rings. The van der Waals surface area contributed by atoms with Gasteiger partial charge >= 0.3 is 0 Å². The number of nitrogens with zero attached hydrogens (tertiary/aromatic N) is 2. The van der Waals surface area contributed by atoms with E-state index in [1.165, 1.54) is 16.6 Å². The molecule has 0 amide bonds. The van der Waals surface area contributed by atoms with Crippen LogP contribution in [0, 0.1) is 5.82 Å². The predicted octanol–water partition coefficient (Wildman–Crippen LogP) is 3.33. The van der Waals surface area contributed by atoms with Crippen molar-refractivity contribution in [3.63, 3.8) is 0 Å². The van der Waals surface area contributed by atoms with Gasteiger partial charge in [0.25, 0.3) is 0 Å². The lowest BCUT2D eigenvalue weighted by atomic mass is 10.1. The molecule has 22 heavy (non-hydrogen) atoms. The van der Waals surface area contributed by atoms with E-state index in [2.05, 4.69) is 4.98 Å². The van der Waals surface area contributed by atoms with Crippen molar-refractivity contribution >= 4 is 20.8 Å². The Labute approximate surface area is 130 Å². The molecule has 1 atom stereocenters. The minimum atomic E-state index is -3.72. The van der Waals surface area contributed by atoms with Crippen LogP contribution in [-0.4, -0.2) is 30.3 Å². The molecule has 118 valence electrons. The summed E-state index contributed by atoms with van der Waals surface area (Å²) in [5, 5.41) is 0.637. The van der Waals surface area contributed by atoms with Crippen LogP contribution in [0.2, 0.25) is 0 Å². The fourth-order valence-electron chi connectivity index (χ4n) is 3.11. The number of fused-ring (bicyclic) bond motifs is 1. The fraction of sp³-hybridized carbons (Fsp3) is 0.438. The Morgan fingerprint density at radius 1 is 1.23 bits per heavy atom. The number of hydrogen-bond donors (Lipinski definition) is 0. The molecule has 0 N–H and O–H groups in total. The van der Waals surface area contributed by atoms with E-state index >= 15 is 0 Å². The molecule has 4 nitrogen and oxygen atoms in total. The van der Waals surface area contributed by atoms with E-state index in [9.17, 15) is 12.8 Å². The highest BCUT2D eigenvalue weighted by Crippen LogP contribution is 2.30. The highest BCUT2D eigenvalue weighted by molar-refractivity contribution is 7.89. The monoisotopic (exact) mass is 322 g/mol. The summed E-state index contributed by atoms with van der Waals surface area (Å²) < 4.78 is 41.8. The minimum Gasteiger partial charge on any atom is -0.261 e. The van der Waals surface area contributed by atoms with E-state index in [-0.39, 0.29) is 16.3 Å². The molecule has 3 rings (SSSR count). The lowest BCUT2D eigenvalue weighted by molar-refractivity contribution is 0.342. The van der Waals surface area contributed by atoms with Crippen molar-refractivity contribution in [2.75, 3.05) is 6.54 Å². The van der Waals surface area contributed by atoms with Crippen molar-refractivity contribution in [2.45, 2.75) is 43.5 Å². The van der Waals surface area contributed by atoms with Crippen LogP contribution in [0.25, 0.3) is 10.8 Å². The number of aromatic nitrogens is 1. The average Bonchev–Trinajstić information content (AvgIpc) is 2.72. The Balaban J connectivity index is 2.17. The maximum Gasteiger partial charge on any atom is 0.244 e. The Morgan fingerprint density at radius 3 is 2.86 bits per heavy atom. The maximum absolute atomic E-state index is 14.2. The molecule has 1 aromatic heterocycles. The molecule has 6 heteroatoms. The van der Waals surface area contributed by atoms with Gasteiger partial charge in [0, 0.05) is 29.6 Å². The predicted molar refractivity (Wildman–Crippen MR) is 83.5 cm³/mol. The van der Waals surface area contributed by atoms with Crippen LogP contribution in [0.3, 0.4) is 0 Å². The second-order valence-corrected chi connectivity index (χ2v) is 7.65. The largest absolute Gasteiger partial charge is 0.261 e. The molecular weight excluding hydrogens is 303 g/mol. The molecule has 1 fully saturated rings. The standard InChI is InChI=1S/C16H19FN2O2S/c1-12-6-3-2-4-9-19(12)22(20,21)15-8-5-7-13-10-18-11-14(17)16(13)15/h5,7-8,10-12H,2-4,6,9H2,1H3/t12-/m0/s1. The number of hydrogen-bond acceptors (Lipinski definition) is 3. The van der Waals surface area contributed by atoms with Gasteiger partial charge in [-0.25, -0.2) is 12.8 Å². The summed E-state index contributed by atoms with van der Waals surface area (Å²) in [6, 6.07) is 4.74. The van der Waals surface area contributed by atoms with Crippen LogP contribution in [-0.2, 0) is 10.0 Å². The van der Waals surface area contributed by atoms with Crippen molar-refractivity contribution in [1.82, 2.24) is 9.29 Å². The molecule has 0 unspecified atom stereocenters. The molecule has 2 aromatic rings. The van der Waals surface area contributed by atoms with Crippen LogP contribution in [0.1, 0.15) is 32.6 Å². The zero-order chi connectivity index (χ0) is 15.7. The summed E-state index contributed by atoms with van der Waals surface area (Å²) in [5.74, 6) is -0.598. The first-order valence-corrected chi connectivity index (χ1v) is 9.00. The van der Waals surface area contributed by atoms with E-state index < -0.39 is 15.8 Å². The van der Waals surface area contributed by atoms with Gasteiger partial charge in [-0.15, -0.1) is 0 Å². The van der Waals surface area contributed by atoms with Gasteiger partial charge in [-0.3, -0.25) is 4.98 Å². The Hall–Kier alpha value is -1.53. The number of rotatable bonds is 2. The molecule has 0 radical (unpaired) electrons. The molecular formula is C16H19FN2O2S. The van der Waals surface area contributed by atoms with Gasteiger partial charge in [0.05, 0.1) is 11.1 Å². The van der Waals surface area contributed by atoms with E-state index in [0.717, 1.165) is 31.9 Å². The van der Waals surface area contributed by atoms with Gasteiger partial charge in [-0.2, -0.15) is 4.31 Å². The summed E-state index contributed by atoms with van der Waals surface area (Å²) in [6.45, 7) is 2.42. The quantitative estimate of drug-likeness (QED) is 0.852. The Kier molecular flexibility index (Phi) is 4.14. The molecule has 0 bridgehead atoms. The molecule has 1 saturated heterocycles. The third-order valence-corrected chi connectivity index (χ3v) is 6.33. The van der Waals surface area contributed by atoms with Crippen LogP contribution in [0.5, 0.6) is 0 Å². The Bertz CT molecular complexity index is 787. The molecule has 2 heterocycles. The topological polar surface area (TPSA) is 50.3 Å². The summed E-state index contributed by atoms with van der Waals surface area (Å²) in [6.07, 6.45) is 6.30. The van der Waals surface area contributed by atoms with Crippen molar-refractivity contribution in [3.8, 4) is 0 Å². The lowest BCUT2D eigenvalue weighted by Gasteiger charge is -2.26. The summed E-state index contributed by atoms with van der Waals surface area (Å²) in [7, 11) is -3.72. The van der Waals surface area contributed by atoms with Crippen molar-refractivity contribution in [1.29, 1.82) is 0 Å². The van der Waals surface area contributed by atoms with Gasteiger partial charge in [-0.05, 0) is 25.8 Å². The van der Waals surface area contributed by atoms with Gasteiger partial charge in [0.1, 0.15) is 0 Å². The number of benzene rings is 1. The number of halogens is 1. The normalized spacial score (nSPS) is 20.9. The van der Waals surface area contributed by atoms with Crippen LogP contribution >= 0.6 is 0 Å². The second kappa shape index (κ2) is 5.93. The summed E-state index contributed by atoms with van der Waals surface area (Å²) in [4.78, 5) is 3.84. The van der Waals surface area contributed by atoms with E-state index in [0.29, 0.717) is 11.9 Å². The van der Waals surface area contributed by atoms with E-state index in [4.69, 9.17) is 0 Å². The SMILES string of the molecule is C[C@H]1CCCCCN1S(=O)(=O)c1cccc2cncc(F)c12. The van der Waals surface area contributed by atoms with Crippen molar-refractivity contribution in [2.24, 2.45) is 0 Å². The third kappa shape index (κ3) is 2.61. The van der Waals surface area contributed by atoms with Gasteiger partial charge in [-0.1, -0.05) is 25.0 Å². The summed E-state index contributed by atoms with van der Waals surface area (Å²) in [5.41, 5.74) is 0. The number of sulfonamides is 1. The zero-order valence-electron chi connectivity index (χ0n) is 12.5. The highest BCUT2D eigenvalue weighted by Gasteiger charge is 2.31. The van der Waals surface area contributed by atoms with E-state index in [1.807, 2.05) is 6.92 Å². The molecule has 0 spiro atoms. The van der Waals surface area contributed by atoms with E-state index in [1.54, 1.807) is 12.1 Å². The first-order chi connectivity index (χ1) is 10.5. The zero-order valence-corrected chi connectivity index (χ0v) is 13.3. The van der Waals surface area contributed by atoms with Gasteiger partial charge in [0.15, 0.2) is 5.82 Å². The lowest BCUT2D eigenvalue weighted by Crippen LogP contribution is -2.38. The van der Waals surface area contributed by atoms with Crippen LogP contribution in [0.4, 0.5) is 4.39 Å². The molecule has 0 aliphatic carbocycles. The van der Waals surface area contributed by atoms with Crippen molar-refractivity contribution < 1.29 is 12.8 Å². The second-order valence-electron chi connectivity index (χ2n) is 5.79. The molecule has 0 saturated carbocycles. The first kappa shape index (κ1) is 15.4.